The van der Waals surface area contributed by atoms with Gasteiger partial charge in [-0.15, -0.1) is 4.83 Å². The minimum absolute atomic E-state index is 0.0527. The second kappa shape index (κ2) is 13.3. The van der Waals surface area contributed by atoms with Crippen LogP contribution in [0.15, 0.2) is 53.8 Å². The molecule has 3 aromatic rings. The second-order valence-corrected chi connectivity index (χ2v) is 15.9. The van der Waals surface area contributed by atoms with E-state index in [0.29, 0.717) is 5.56 Å². The fourth-order valence-electron chi connectivity index (χ4n) is 5.95. The normalized spacial score (nSPS) is 27.3. The SMILES string of the molecule is Cc1ccc(OP(=O)(NC2C(=O)OCc3c(C)cccc32)OCC2OC(n3cnc4c3NC(N)N=C4N(C)NS(C)(=O)=O)[C@](C)(O)[C@@H]2O)cc1. The molecular weight excluding hydrogens is 695 g/mol. The third-order valence-corrected chi connectivity index (χ3v) is 10.6. The van der Waals surface area contributed by atoms with Crippen molar-refractivity contribution >= 4 is 35.4 Å². The maximum Gasteiger partial charge on any atom is 0.459 e. The fraction of sp³-hybridized carbons (Fsp3) is 0.433. The minimum Gasteiger partial charge on any atom is -0.459 e. The summed E-state index contributed by atoms with van der Waals surface area (Å²) in [6, 6.07) is 10.8. The molecule has 0 spiro atoms. The van der Waals surface area contributed by atoms with Crippen LogP contribution in [0.4, 0.5) is 5.82 Å². The van der Waals surface area contributed by atoms with Gasteiger partial charge in [0.25, 0.3) is 0 Å². The summed E-state index contributed by atoms with van der Waals surface area (Å²) in [5, 5.41) is 29.6. The Morgan fingerprint density at radius 1 is 1.24 bits per heavy atom. The first-order valence-corrected chi connectivity index (χ1v) is 18.9. The molecule has 1 aromatic heterocycles. The van der Waals surface area contributed by atoms with Crippen molar-refractivity contribution in [2.75, 3.05) is 25.2 Å². The number of nitrogens with one attached hydrogen (secondary N) is 3. The number of rotatable bonds is 10. The Labute approximate surface area is 288 Å². The monoisotopic (exact) mass is 734 g/mol. The van der Waals surface area contributed by atoms with Crippen LogP contribution in [0, 0.1) is 13.8 Å². The molecule has 4 heterocycles. The number of carbonyl (C=O) groups excluding carboxylic acids is 1. The molecule has 20 heteroatoms. The Balaban J connectivity index is 1.26. The second-order valence-electron chi connectivity index (χ2n) is 12.5. The van der Waals surface area contributed by atoms with E-state index < -0.39 is 66.7 Å². The zero-order chi connectivity index (χ0) is 36.2. The van der Waals surface area contributed by atoms with Gasteiger partial charge in [0.1, 0.15) is 47.7 Å². The molecule has 3 aliphatic heterocycles. The van der Waals surface area contributed by atoms with Gasteiger partial charge in [-0.2, -0.15) is 5.09 Å². The van der Waals surface area contributed by atoms with Crippen LogP contribution in [0.5, 0.6) is 5.75 Å². The predicted molar refractivity (Wildman–Crippen MR) is 179 cm³/mol. The van der Waals surface area contributed by atoms with Crippen molar-refractivity contribution in [1.29, 1.82) is 0 Å². The third kappa shape index (κ3) is 7.14. The number of aliphatic imine (C=N–C) groups is 1. The van der Waals surface area contributed by atoms with Crippen molar-refractivity contribution in [3.05, 3.63) is 76.7 Å². The van der Waals surface area contributed by atoms with Gasteiger partial charge in [0.2, 0.25) is 10.0 Å². The van der Waals surface area contributed by atoms with Gasteiger partial charge in [0.05, 0.1) is 19.2 Å². The number of anilines is 1. The lowest BCUT2D eigenvalue weighted by Crippen LogP contribution is -2.48. The van der Waals surface area contributed by atoms with Crippen LogP contribution in [-0.4, -0.2) is 89.0 Å². The average Bonchev–Trinajstić information content (AvgIpc) is 3.54. The maximum atomic E-state index is 14.5. The molecular formula is C30H39N8O10PS. The number of fused-ring (bicyclic) bond motifs is 2. The number of aromatic nitrogens is 2. The van der Waals surface area contributed by atoms with E-state index in [1.165, 1.54) is 24.9 Å². The molecule has 0 amide bonds. The van der Waals surface area contributed by atoms with Crippen molar-refractivity contribution in [2.24, 2.45) is 10.7 Å². The van der Waals surface area contributed by atoms with Gasteiger partial charge in [-0.3, -0.25) is 19.8 Å². The lowest BCUT2D eigenvalue weighted by Gasteiger charge is -2.31. The Morgan fingerprint density at radius 2 is 1.96 bits per heavy atom. The zero-order valence-electron chi connectivity index (χ0n) is 27.8. The molecule has 5 unspecified atom stereocenters. The molecule has 0 radical (unpaired) electrons. The molecule has 6 rings (SSSR count). The maximum absolute atomic E-state index is 14.5. The van der Waals surface area contributed by atoms with E-state index in [2.05, 4.69) is 25.2 Å². The Morgan fingerprint density at radius 3 is 2.66 bits per heavy atom. The summed E-state index contributed by atoms with van der Waals surface area (Å²) in [6.45, 7) is 4.56. The number of ether oxygens (including phenoxy) is 2. The lowest BCUT2D eigenvalue weighted by atomic mass is 9.95. The van der Waals surface area contributed by atoms with Gasteiger partial charge in [-0.25, -0.2) is 27.8 Å². The van der Waals surface area contributed by atoms with Crippen molar-refractivity contribution in [1.82, 2.24) is 24.5 Å². The number of hydrogen-bond acceptors (Lipinski definition) is 15. The Bertz CT molecular complexity index is 1970. The number of aryl methyl sites for hydroxylation is 2. The number of nitrogens with zero attached hydrogens (tertiary/aromatic N) is 4. The molecule has 270 valence electrons. The molecule has 1 saturated heterocycles. The van der Waals surface area contributed by atoms with Crippen LogP contribution >= 0.6 is 7.75 Å². The highest BCUT2D eigenvalue weighted by molar-refractivity contribution is 7.88. The van der Waals surface area contributed by atoms with Crippen molar-refractivity contribution < 1.29 is 46.5 Å². The number of imidazole rings is 1. The fourth-order valence-corrected chi connectivity index (χ4v) is 8.02. The quantitative estimate of drug-likeness (QED) is 0.0964. The summed E-state index contributed by atoms with van der Waals surface area (Å²) in [7, 11) is -6.71. The van der Waals surface area contributed by atoms with Gasteiger partial charge in [0.15, 0.2) is 18.4 Å². The van der Waals surface area contributed by atoms with Crippen LogP contribution in [0.3, 0.4) is 0 Å². The summed E-state index contributed by atoms with van der Waals surface area (Å²) in [5.41, 5.74) is 7.38. The van der Waals surface area contributed by atoms with Gasteiger partial charge in [-0.05, 0) is 49.6 Å². The number of aliphatic hydroxyl groups is 2. The highest BCUT2D eigenvalue weighted by atomic mass is 32.2. The molecule has 1 fully saturated rings. The largest absolute Gasteiger partial charge is 0.459 e. The van der Waals surface area contributed by atoms with Crippen LogP contribution in [0.2, 0.25) is 0 Å². The summed E-state index contributed by atoms with van der Waals surface area (Å²) in [5.74, 6) is -0.219. The van der Waals surface area contributed by atoms with Gasteiger partial charge in [0, 0.05) is 7.05 Å². The molecule has 50 heavy (non-hydrogen) atoms. The number of hydrazine groups is 1. The van der Waals surface area contributed by atoms with Crippen molar-refractivity contribution in [3.8, 4) is 5.75 Å². The van der Waals surface area contributed by atoms with Crippen LogP contribution in [0.25, 0.3) is 0 Å². The molecule has 7 atom stereocenters. The average molecular weight is 735 g/mol. The lowest BCUT2D eigenvalue weighted by molar-refractivity contribution is -0.149. The number of amidine groups is 1. The molecule has 0 bridgehead atoms. The van der Waals surface area contributed by atoms with E-state index in [0.717, 1.165) is 28.0 Å². The number of nitrogens with two attached hydrogens (primary N) is 1. The van der Waals surface area contributed by atoms with Crippen LogP contribution < -0.4 is 25.5 Å². The number of aliphatic hydroxyl groups excluding tert-OH is 1. The van der Waals surface area contributed by atoms with E-state index in [1.807, 2.05) is 19.9 Å². The molecule has 18 nitrogen and oxygen atoms in total. The standard InChI is InChI=1S/C30H39N8O10PS/c1-16-9-11-18(12-10-16)48-49(42,35-22-19-8-6-7-17(2)20(19)13-45-27(22)40)46-14-21-24(39)30(3,41)28(47-21)38-15-32-23-25(33-29(31)34-26(23)38)37(4)36-50(5,43)44/h6-12,15,21-22,24,28-29,34,36,39,41H,13-14,31H2,1-5H3,(H,35,42)/t21?,22?,24-,28?,29?,30-,49?/m1/s1. The van der Waals surface area contributed by atoms with Crippen molar-refractivity contribution in [2.45, 2.75) is 63.7 Å². The summed E-state index contributed by atoms with van der Waals surface area (Å²) >= 11 is 0. The predicted octanol–water partition coefficient (Wildman–Crippen LogP) is 0.911. The van der Waals surface area contributed by atoms with Gasteiger partial charge < -0.3 is 29.5 Å². The number of hydrogen-bond donors (Lipinski definition) is 6. The van der Waals surface area contributed by atoms with E-state index >= 15 is 0 Å². The Hall–Kier alpha value is -3.91. The van der Waals surface area contributed by atoms with E-state index in [9.17, 15) is 28.0 Å². The number of sulfonamides is 1. The number of cyclic esters (lactones) is 1. The van der Waals surface area contributed by atoms with E-state index in [1.54, 1.807) is 36.4 Å². The summed E-state index contributed by atoms with van der Waals surface area (Å²) in [4.78, 5) is 23.9. The molecule has 0 aliphatic carbocycles. The number of esters is 1. The van der Waals surface area contributed by atoms with Crippen LogP contribution in [-0.2, 0) is 40.0 Å². The van der Waals surface area contributed by atoms with E-state index in [-0.39, 0.29) is 29.7 Å². The summed E-state index contributed by atoms with van der Waals surface area (Å²) in [6.07, 6.45) is -2.95. The Kier molecular flexibility index (Phi) is 9.57. The van der Waals surface area contributed by atoms with E-state index in [4.69, 9.17) is 24.3 Å². The molecule has 0 saturated carbocycles. The van der Waals surface area contributed by atoms with Crippen molar-refractivity contribution in [3.63, 3.8) is 0 Å². The first-order chi connectivity index (χ1) is 23.5. The first-order valence-electron chi connectivity index (χ1n) is 15.4. The summed E-state index contributed by atoms with van der Waals surface area (Å²) < 4.78 is 62.8. The highest BCUT2D eigenvalue weighted by Crippen LogP contribution is 2.50. The third-order valence-electron chi connectivity index (χ3n) is 8.47. The first kappa shape index (κ1) is 35.9. The smallest absolute Gasteiger partial charge is 0.459 e. The number of benzene rings is 2. The number of carbonyl (C=O) groups is 1. The van der Waals surface area contributed by atoms with Crippen LogP contribution in [0.1, 0.15) is 47.1 Å². The molecule has 2 aromatic carbocycles. The minimum atomic E-state index is -4.45. The molecule has 3 aliphatic rings. The van der Waals surface area contributed by atoms with Gasteiger partial charge >= 0.3 is 13.7 Å². The topological polar surface area (TPSA) is 241 Å². The zero-order valence-corrected chi connectivity index (χ0v) is 29.5. The highest BCUT2D eigenvalue weighted by Gasteiger charge is 2.55. The van der Waals surface area contributed by atoms with Gasteiger partial charge in [-0.1, -0.05) is 35.9 Å². The molecule has 7 N–H and O–H groups in total.